The van der Waals surface area contributed by atoms with Gasteiger partial charge in [0.15, 0.2) is 0 Å². The second-order valence-electron chi connectivity index (χ2n) is 1.60. The van der Waals surface area contributed by atoms with Gasteiger partial charge in [0.2, 0.25) is 0 Å². The molecule has 0 aliphatic heterocycles. The highest BCUT2D eigenvalue weighted by molar-refractivity contribution is 7.80. The maximum absolute atomic E-state index is 8.36. The van der Waals surface area contributed by atoms with E-state index in [4.69, 9.17) is 14.4 Å². The molecule has 0 aromatic rings. The average molecular weight is 154 g/mol. The normalized spacial score (nSPS) is 12.0. The van der Waals surface area contributed by atoms with Gasteiger partial charge in [0.25, 0.3) is 0 Å². The highest BCUT2D eigenvalue weighted by Gasteiger charge is 2.24. The first-order valence-corrected chi connectivity index (χ1v) is 5.02. The Kier molecular flexibility index (Phi) is 3.66. The van der Waals surface area contributed by atoms with E-state index in [9.17, 15) is 0 Å². The molecular formula is C3H10O3SSi. The highest BCUT2D eigenvalue weighted by Crippen LogP contribution is 2.00. The van der Waals surface area contributed by atoms with E-state index in [2.05, 4.69) is 12.6 Å². The first-order chi connectivity index (χ1) is 3.56. The van der Waals surface area contributed by atoms with Crippen LogP contribution in [-0.4, -0.2) is 28.9 Å². The Morgan fingerprint density at radius 1 is 1.25 bits per heavy atom. The van der Waals surface area contributed by atoms with Crippen molar-refractivity contribution in [1.29, 1.82) is 0 Å². The van der Waals surface area contributed by atoms with E-state index >= 15 is 0 Å². The molecule has 0 saturated carbocycles. The molecule has 0 fully saturated rings. The third kappa shape index (κ3) is 6.45. The molecule has 0 amide bonds. The third-order valence-corrected chi connectivity index (χ3v) is 2.01. The van der Waals surface area contributed by atoms with Crippen LogP contribution in [0.1, 0.15) is 6.42 Å². The maximum atomic E-state index is 8.36. The first kappa shape index (κ1) is 8.45. The summed E-state index contributed by atoms with van der Waals surface area (Å²) in [5, 5.41) is 0. The highest BCUT2D eigenvalue weighted by atomic mass is 32.1. The molecule has 0 bridgehead atoms. The van der Waals surface area contributed by atoms with Gasteiger partial charge in [-0.3, -0.25) is 0 Å². The molecule has 0 radical (unpaired) electrons. The van der Waals surface area contributed by atoms with Gasteiger partial charge < -0.3 is 14.4 Å². The van der Waals surface area contributed by atoms with Crippen molar-refractivity contribution in [1.82, 2.24) is 0 Å². The molecule has 3 N–H and O–H groups in total. The van der Waals surface area contributed by atoms with Crippen LogP contribution in [0.2, 0.25) is 6.04 Å². The predicted molar refractivity (Wildman–Crippen MR) is 35.7 cm³/mol. The summed E-state index contributed by atoms with van der Waals surface area (Å²) in [5.41, 5.74) is 0. The van der Waals surface area contributed by atoms with Gasteiger partial charge >= 0.3 is 8.80 Å². The fourth-order valence-corrected chi connectivity index (χ4v) is 1.42. The van der Waals surface area contributed by atoms with Gasteiger partial charge in [0.05, 0.1) is 0 Å². The number of hydrogen-bond acceptors (Lipinski definition) is 4. The van der Waals surface area contributed by atoms with Crippen LogP contribution in [0, 0.1) is 0 Å². The fraction of sp³-hybridized carbons (Fsp3) is 1.00. The van der Waals surface area contributed by atoms with Crippen LogP contribution in [0.5, 0.6) is 0 Å². The molecule has 50 valence electrons. The van der Waals surface area contributed by atoms with Crippen LogP contribution in [-0.2, 0) is 0 Å². The second kappa shape index (κ2) is 3.47. The van der Waals surface area contributed by atoms with Crippen molar-refractivity contribution in [3.63, 3.8) is 0 Å². The standard InChI is InChI=1S/C3H10O3SSi/c4-8(5,6)3-1-2-7/h4-7H,1-3H2. The van der Waals surface area contributed by atoms with E-state index in [1.165, 1.54) is 0 Å². The lowest BCUT2D eigenvalue weighted by molar-refractivity contribution is 0.227. The summed E-state index contributed by atoms with van der Waals surface area (Å²) in [6.45, 7) is 0. The smallest absolute Gasteiger partial charge is 0.390 e. The Hall–Kier alpha value is 0.447. The summed E-state index contributed by atoms with van der Waals surface area (Å²) < 4.78 is 0. The lowest BCUT2D eigenvalue weighted by atomic mass is 10.6. The van der Waals surface area contributed by atoms with E-state index in [1.54, 1.807) is 0 Å². The van der Waals surface area contributed by atoms with Crippen LogP contribution in [0.25, 0.3) is 0 Å². The molecule has 0 atom stereocenters. The zero-order valence-electron chi connectivity index (χ0n) is 4.41. The van der Waals surface area contributed by atoms with Crippen molar-refractivity contribution in [3.8, 4) is 0 Å². The van der Waals surface area contributed by atoms with Crippen molar-refractivity contribution in [2.45, 2.75) is 12.5 Å². The van der Waals surface area contributed by atoms with Gasteiger partial charge in [-0.2, -0.15) is 12.6 Å². The van der Waals surface area contributed by atoms with E-state index in [1.807, 2.05) is 0 Å². The van der Waals surface area contributed by atoms with Crippen LogP contribution in [0.4, 0.5) is 0 Å². The second-order valence-corrected chi connectivity index (χ2v) is 4.10. The zero-order chi connectivity index (χ0) is 6.62. The molecule has 0 heterocycles. The number of thiol groups is 1. The monoisotopic (exact) mass is 154 g/mol. The minimum atomic E-state index is -3.73. The Balaban J connectivity index is 3.11. The van der Waals surface area contributed by atoms with Gasteiger partial charge in [-0.05, 0) is 12.2 Å². The quantitative estimate of drug-likeness (QED) is 0.319. The van der Waals surface area contributed by atoms with Gasteiger partial charge in [-0.25, -0.2) is 0 Å². The zero-order valence-corrected chi connectivity index (χ0v) is 6.30. The molecule has 0 spiro atoms. The summed E-state index contributed by atoms with van der Waals surface area (Å²) in [5.74, 6) is 0.580. The van der Waals surface area contributed by atoms with Gasteiger partial charge in [0, 0.05) is 6.04 Å². The van der Waals surface area contributed by atoms with Crippen LogP contribution >= 0.6 is 12.6 Å². The average Bonchev–Trinajstić information content (AvgIpc) is 1.59. The van der Waals surface area contributed by atoms with Crippen molar-refractivity contribution >= 4 is 21.4 Å². The topological polar surface area (TPSA) is 60.7 Å². The van der Waals surface area contributed by atoms with Gasteiger partial charge in [0.1, 0.15) is 0 Å². The summed E-state index contributed by atoms with van der Waals surface area (Å²) in [7, 11) is -3.73. The number of rotatable bonds is 3. The first-order valence-electron chi connectivity index (χ1n) is 2.34. The van der Waals surface area contributed by atoms with Crippen molar-refractivity contribution < 1.29 is 14.4 Å². The van der Waals surface area contributed by atoms with Crippen LogP contribution in [0.3, 0.4) is 0 Å². The molecule has 5 heteroatoms. The van der Waals surface area contributed by atoms with Crippen LogP contribution in [0.15, 0.2) is 0 Å². The molecule has 0 aromatic carbocycles. The van der Waals surface area contributed by atoms with Gasteiger partial charge in [-0.15, -0.1) is 0 Å². The lowest BCUT2D eigenvalue weighted by Crippen LogP contribution is -2.34. The number of hydrogen-bond donors (Lipinski definition) is 4. The summed E-state index contributed by atoms with van der Waals surface area (Å²) in [4.78, 5) is 25.1. The lowest BCUT2D eigenvalue weighted by Gasteiger charge is -2.05. The van der Waals surface area contributed by atoms with Crippen molar-refractivity contribution in [2.75, 3.05) is 5.75 Å². The SMILES string of the molecule is O[Si](O)(O)CCCS. The van der Waals surface area contributed by atoms with Crippen molar-refractivity contribution in [2.24, 2.45) is 0 Å². The van der Waals surface area contributed by atoms with E-state index in [-0.39, 0.29) is 6.04 Å². The molecule has 0 aliphatic carbocycles. The molecule has 0 saturated heterocycles. The molecular weight excluding hydrogens is 144 g/mol. The van der Waals surface area contributed by atoms with E-state index in [0.717, 1.165) is 0 Å². The largest absolute Gasteiger partial charge is 0.492 e. The molecule has 0 rings (SSSR count). The molecule has 8 heavy (non-hydrogen) atoms. The van der Waals surface area contributed by atoms with Gasteiger partial charge in [-0.1, -0.05) is 0 Å². The molecule has 0 aromatic heterocycles. The predicted octanol–water partition coefficient (Wildman–Crippen LogP) is -0.778. The molecule has 0 aliphatic rings. The van der Waals surface area contributed by atoms with Crippen molar-refractivity contribution in [3.05, 3.63) is 0 Å². The summed E-state index contributed by atoms with van der Waals surface area (Å²) in [6, 6.07) is 0.0938. The fourth-order valence-electron chi connectivity index (χ4n) is 0.316. The van der Waals surface area contributed by atoms with E-state index < -0.39 is 8.80 Å². The molecule has 3 nitrogen and oxygen atoms in total. The Morgan fingerprint density at radius 2 is 1.75 bits per heavy atom. The maximum Gasteiger partial charge on any atom is 0.492 e. The van der Waals surface area contributed by atoms with E-state index in [0.29, 0.717) is 12.2 Å². The Bertz CT molecular complexity index is 62.0. The molecule has 0 unspecified atom stereocenters. The Morgan fingerprint density at radius 3 is 1.88 bits per heavy atom. The Labute approximate surface area is 54.8 Å². The minimum absolute atomic E-state index is 0.0938. The third-order valence-electron chi connectivity index (χ3n) is 0.670. The summed E-state index contributed by atoms with van der Waals surface area (Å²) >= 11 is 3.82. The summed E-state index contributed by atoms with van der Waals surface area (Å²) in [6.07, 6.45) is 0.554. The van der Waals surface area contributed by atoms with Crippen LogP contribution < -0.4 is 0 Å². The minimum Gasteiger partial charge on any atom is -0.390 e.